The van der Waals surface area contributed by atoms with Gasteiger partial charge in [-0.15, -0.1) is 0 Å². The minimum absolute atomic E-state index is 1.03. The molecule has 1 aliphatic heterocycles. The van der Waals surface area contributed by atoms with Crippen LogP contribution in [-0.4, -0.2) is 28.0 Å². The first kappa shape index (κ1) is 14.7. The summed E-state index contributed by atoms with van der Waals surface area (Å²) in [4.78, 5) is 6.65. The first-order chi connectivity index (χ1) is 12.2. The molecule has 0 atom stereocenters. The molecule has 5 rings (SSSR count). The maximum Gasteiger partial charge on any atom is 0.0535 e. The molecule has 0 unspecified atom stereocenters. The van der Waals surface area contributed by atoms with Crippen LogP contribution >= 0.6 is 0 Å². The molecule has 3 nitrogen and oxygen atoms in total. The van der Waals surface area contributed by atoms with Gasteiger partial charge in [-0.1, -0.05) is 17.7 Å². The highest BCUT2D eigenvalue weighted by Gasteiger charge is 2.23. The maximum atomic E-state index is 4.23. The van der Waals surface area contributed by atoms with Gasteiger partial charge >= 0.3 is 0 Å². The molecule has 0 fully saturated rings. The second-order valence-electron chi connectivity index (χ2n) is 7.18. The first-order valence-corrected chi connectivity index (χ1v) is 8.86. The van der Waals surface area contributed by atoms with Gasteiger partial charge in [-0.05, 0) is 55.3 Å². The van der Waals surface area contributed by atoms with E-state index in [1.165, 1.54) is 44.2 Å². The number of aromatic nitrogens is 2. The molecule has 25 heavy (non-hydrogen) atoms. The van der Waals surface area contributed by atoms with E-state index in [9.17, 15) is 0 Å². The molecule has 0 saturated carbocycles. The van der Waals surface area contributed by atoms with Gasteiger partial charge in [0.1, 0.15) is 0 Å². The number of likely N-dealkylation sites (N-methyl/N-ethyl adjacent to an activating group) is 1. The number of pyridine rings is 1. The summed E-state index contributed by atoms with van der Waals surface area (Å²) in [6.45, 7) is 4.32. The Hall–Kier alpha value is -2.65. The molecule has 0 spiro atoms. The van der Waals surface area contributed by atoms with Gasteiger partial charge in [0.25, 0.3) is 0 Å². The van der Waals surface area contributed by atoms with E-state index in [0.29, 0.717) is 0 Å². The molecule has 0 radical (unpaired) electrons. The molecule has 0 saturated heterocycles. The van der Waals surface area contributed by atoms with Crippen LogP contribution in [0.2, 0.25) is 0 Å². The van der Waals surface area contributed by atoms with Gasteiger partial charge in [0.15, 0.2) is 0 Å². The minimum Gasteiger partial charge on any atom is -0.313 e. The first-order valence-electron chi connectivity index (χ1n) is 8.86. The SMILES string of the molecule is Cc1ccc2c(c1)c1c(n2-c2ccc3cnccc3c2)CCN(C)C1. The Labute approximate surface area is 147 Å². The zero-order valence-corrected chi connectivity index (χ0v) is 14.7. The van der Waals surface area contributed by atoms with Crippen LogP contribution in [0.3, 0.4) is 0 Å². The Kier molecular flexibility index (Phi) is 3.19. The molecule has 0 amide bonds. The summed E-state index contributed by atoms with van der Waals surface area (Å²) in [7, 11) is 2.21. The molecule has 2 aromatic carbocycles. The fourth-order valence-corrected chi connectivity index (χ4v) is 4.11. The summed E-state index contributed by atoms with van der Waals surface area (Å²) in [5, 5.41) is 3.83. The zero-order valence-electron chi connectivity index (χ0n) is 14.7. The van der Waals surface area contributed by atoms with E-state index < -0.39 is 0 Å². The van der Waals surface area contributed by atoms with E-state index in [1.807, 2.05) is 12.4 Å². The monoisotopic (exact) mass is 327 g/mol. The highest BCUT2D eigenvalue weighted by molar-refractivity contribution is 5.90. The van der Waals surface area contributed by atoms with Crippen LogP contribution in [-0.2, 0) is 13.0 Å². The highest BCUT2D eigenvalue weighted by Crippen LogP contribution is 2.34. The number of benzene rings is 2. The van der Waals surface area contributed by atoms with Crippen LogP contribution in [0.5, 0.6) is 0 Å². The van der Waals surface area contributed by atoms with Gasteiger partial charge in [-0.3, -0.25) is 4.98 Å². The average Bonchev–Trinajstić information content (AvgIpc) is 2.94. The van der Waals surface area contributed by atoms with Crippen molar-refractivity contribution >= 4 is 21.7 Å². The van der Waals surface area contributed by atoms with E-state index >= 15 is 0 Å². The van der Waals surface area contributed by atoms with Gasteiger partial charge in [0, 0.05) is 54.1 Å². The summed E-state index contributed by atoms with van der Waals surface area (Å²) < 4.78 is 2.47. The van der Waals surface area contributed by atoms with Crippen LogP contribution in [0.15, 0.2) is 54.9 Å². The predicted octanol–water partition coefficient (Wildman–Crippen LogP) is 4.48. The standard InChI is InChI=1S/C22H21N3/c1-15-3-6-21-19(11-15)20-14-24(2)10-8-22(20)25(21)18-5-4-17-13-23-9-7-16(17)12-18/h3-7,9,11-13H,8,10,14H2,1-2H3. The van der Waals surface area contributed by atoms with Crippen molar-refractivity contribution in [1.29, 1.82) is 0 Å². The van der Waals surface area contributed by atoms with Gasteiger partial charge in [0.05, 0.1) is 5.52 Å². The Morgan fingerprint density at radius 1 is 1.00 bits per heavy atom. The van der Waals surface area contributed by atoms with Crippen molar-refractivity contribution in [2.45, 2.75) is 19.9 Å². The average molecular weight is 327 g/mol. The van der Waals surface area contributed by atoms with Gasteiger partial charge in [-0.2, -0.15) is 0 Å². The van der Waals surface area contributed by atoms with E-state index in [4.69, 9.17) is 0 Å². The van der Waals surface area contributed by atoms with Crippen LogP contribution in [0.4, 0.5) is 0 Å². The van der Waals surface area contributed by atoms with E-state index in [0.717, 1.165) is 19.5 Å². The summed E-state index contributed by atoms with van der Waals surface area (Å²) in [5.41, 5.74) is 6.84. The summed E-state index contributed by atoms with van der Waals surface area (Å²) in [6.07, 6.45) is 4.89. The molecule has 4 aromatic rings. The van der Waals surface area contributed by atoms with Gasteiger partial charge in [0.2, 0.25) is 0 Å². The summed E-state index contributed by atoms with van der Waals surface area (Å²) in [5.74, 6) is 0. The van der Waals surface area contributed by atoms with Crippen molar-refractivity contribution in [2.24, 2.45) is 0 Å². The molecule has 0 bridgehead atoms. The molecular weight excluding hydrogens is 306 g/mol. The third kappa shape index (κ3) is 2.27. The fourth-order valence-electron chi connectivity index (χ4n) is 4.11. The summed E-state index contributed by atoms with van der Waals surface area (Å²) >= 11 is 0. The second-order valence-corrected chi connectivity index (χ2v) is 7.18. The molecule has 0 aliphatic carbocycles. The van der Waals surface area contributed by atoms with Crippen LogP contribution < -0.4 is 0 Å². The Morgan fingerprint density at radius 3 is 2.84 bits per heavy atom. The lowest BCUT2D eigenvalue weighted by molar-refractivity contribution is 0.311. The third-order valence-electron chi connectivity index (χ3n) is 5.38. The van der Waals surface area contributed by atoms with Crippen molar-refractivity contribution < 1.29 is 0 Å². The Bertz CT molecular complexity index is 1110. The summed E-state index contributed by atoms with van der Waals surface area (Å²) in [6, 6.07) is 15.6. The van der Waals surface area contributed by atoms with Crippen molar-refractivity contribution in [2.75, 3.05) is 13.6 Å². The topological polar surface area (TPSA) is 21.1 Å². The molecule has 3 heterocycles. The van der Waals surface area contributed by atoms with Crippen molar-refractivity contribution in [1.82, 2.24) is 14.5 Å². The van der Waals surface area contributed by atoms with Gasteiger partial charge in [-0.25, -0.2) is 0 Å². The zero-order chi connectivity index (χ0) is 17.0. The smallest absolute Gasteiger partial charge is 0.0535 e. The fraction of sp³-hybridized carbons (Fsp3) is 0.227. The number of aryl methyl sites for hydroxylation is 1. The lowest BCUT2D eigenvalue weighted by atomic mass is 10.0. The largest absolute Gasteiger partial charge is 0.313 e. The maximum absolute atomic E-state index is 4.23. The van der Waals surface area contributed by atoms with Crippen molar-refractivity contribution in [3.8, 4) is 5.69 Å². The van der Waals surface area contributed by atoms with E-state index in [-0.39, 0.29) is 0 Å². The molecule has 3 heteroatoms. The van der Waals surface area contributed by atoms with E-state index in [2.05, 4.69) is 70.9 Å². The number of nitrogens with zero attached hydrogens (tertiary/aromatic N) is 3. The van der Waals surface area contributed by atoms with Crippen molar-refractivity contribution in [3.63, 3.8) is 0 Å². The normalized spacial score (nSPS) is 15.0. The third-order valence-corrected chi connectivity index (χ3v) is 5.38. The van der Waals surface area contributed by atoms with Crippen LogP contribution in [0, 0.1) is 6.92 Å². The highest BCUT2D eigenvalue weighted by atomic mass is 15.1. The van der Waals surface area contributed by atoms with Crippen molar-refractivity contribution in [3.05, 3.63) is 71.7 Å². The molecule has 2 aromatic heterocycles. The van der Waals surface area contributed by atoms with Crippen LogP contribution in [0.1, 0.15) is 16.8 Å². The molecular formula is C22H21N3. The molecule has 0 N–H and O–H groups in total. The number of rotatable bonds is 1. The minimum atomic E-state index is 1.03. The molecule has 124 valence electrons. The number of fused-ring (bicyclic) bond motifs is 4. The Balaban J connectivity index is 1.82. The number of hydrogen-bond acceptors (Lipinski definition) is 2. The van der Waals surface area contributed by atoms with Gasteiger partial charge < -0.3 is 9.47 Å². The second kappa shape index (κ2) is 5.43. The predicted molar refractivity (Wildman–Crippen MR) is 103 cm³/mol. The number of hydrogen-bond donors (Lipinski definition) is 0. The van der Waals surface area contributed by atoms with Crippen LogP contribution in [0.25, 0.3) is 27.4 Å². The lowest BCUT2D eigenvalue weighted by Gasteiger charge is -2.24. The molecule has 1 aliphatic rings. The quantitative estimate of drug-likeness (QED) is 0.514. The Morgan fingerprint density at radius 2 is 1.92 bits per heavy atom. The lowest BCUT2D eigenvalue weighted by Crippen LogP contribution is -2.27. The van der Waals surface area contributed by atoms with E-state index in [1.54, 1.807) is 0 Å².